The van der Waals surface area contributed by atoms with Crippen molar-refractivity contribution in [3.63, 3.8) is 0 Å². The van der Waals surface area contributed by atoms with Crippen LogP contribution in [0.15, 0.2) is 0 Å². The van der Waals surface area contributed by atoms with E-state index in [0.717, 1.165) is 5.92 Å². The van der Waals surface area contributed by atoms with E-state index in [1.807, 2.05) is 7.05 Å². The van der Waals surface area contributed by atoms with E-state index in [1.54, 1.807) is 0 Å². The van der Waals surface area contributed by atoms with Crippen molar-refractivity contribution in [2.75, 3.05) is 33.7 Å². The Labute approximate surface area is 82.1 Å². The molecule has 0 spiro atoms. The third kappa shape index (κ3) is 4.29. The summed E-state index contributed by atoms with van der Waals surface area (Å²) in [5.41, 5.74) is 0. The normalized spacial score (nSPS) is 20.5. The zero-order valence-corrected chi connectivity index (χ0v) is 8.99. The third-order valence-electron chi connectivity index (χ3n) is 2.64. The van der Waals surface area contributed by atoms with E-state index < -0.39 is 0 Å². The standard InChI is InChI=1S/C9H20N2.ClH/c1-10-6-3-9-4-7-11(2)8-5-9;/h9-10H,3-8H2,1-2H3;1H. The van der Waals surface area contributed by atoms with Crippen LogP contribution in [0, 0.1) is 5.92 Å². The van der Waals surface area contributed by atoms with Gasteiger partial charge in [-0.15, -0.1) is 12.4 Å². The molecule has 0 aromatic heterocycles. The molecule has 2 nitrogen and oxygen atoms in total. The van der Waals surface area contributed by atoms with Gasteiger partial charge in [0.25, 0.3) is 0 Å². The van der Waals surface area contributed by atoms with Crippen LogP contribution in [0.3, 0.4) is 0 Å². The first-order valence-electron chi connectivity index (χ1n) is 4.66. The summed E-state index contributed by atoms with van der Waals surface area (Å²) in [5, 5.41) is 3.21. The Bertz CT molecular complexity index is 97.9. The number of piperidine rings is 1. The van der Waals surface area contributed by atoms with Crippen LogP contribution in [0.2, 0.25) is 0 Å². The van der Waals surface area contributed by atoms with Gasteiger partial charge in [0.05, 0.1) is 0 Å². The minimum absolute atomic E-state index is 0. The zero-order valence-electron chi connectivity index (χ0n) is 8.18. The Hall–Kier alpha value is 0.210. The Morgan fingerprint density at radius 3 is 2.42 bits per heavy atom. The largest absolute Gasteiger partial charge is 0.320 e. The first-order valence-corrected chi connectivity index (χ1v) is 4.66. The van der Waals surface area contributed by atoms with Gasteiger partial charge in [-0.2, -0.15) is 0 Å². The van der Waals surface area contributed by atoms with Crippen LogP contribution >= 0.6 is 12.4 Å². The van der Waals surface area contributed by atoms with Gasteiger partial charge in [0.15, 0.2) is 0 Å². The SMILES string of the molecule is CNCCC1CCN(C)CC1.Cl. The molecule has 1 saturated heterocycles. The number of likely N-dealkylation sites (tertiary alicyclic amines) is 1. The van der Waals surface area contributed by atoms with Gasteiger partial charge in [0.1, 0.15) is 0 Å². The van der Waals surface area contributed by atoms with E-state index >= 15 is 0 Å². The second-order valence-electron chi connectivity index (χ2n) is 3.64. The van der Waals surface area contributed by atoms with Crippen LogP contribution in [0.4, 0.5) is 0 Å². The van der Waals surface area contributed by atoms with Gasteiger partial charge < -0.3 is 10.2 Å². The lowest BCUT2D eigenvalue weighted by molar-refractivity contribution is 0.212. The van der Waals surface area contributed by atoms with Crippen molar-refractivity contribution in [2.45, 2.75) is 19.3 Å². The fraction of sp³-hybridized carbons (Fsp3) is 1.00. The molecule has 0 saturated carbocycles. The maximum atomic E-state index is 3.21. The van der Waals surface area contributed by atoms with Crippen LogP contribution in [0.1, 0.15) is 19.3 Å². The number of nitrogens with one attached hydrogen (secondary N) is 1. The first kappa shape index (κ1) is 12.2. The summed E-state index contributed by atoms with van der Waals surface area (Å²) >= 11 is 0. The second kappa shape index (κ2) is 6.70. The Balaban J connectivity index is 0.00000121. The maximum Gasteiger partial charge on any atom is -0.00191 e. The van der Waals surface area contributed by atoms with Gasteiger partial charge >= 0.3 is 0 Å². The molecule has 0 bridgehead atoms. The lowest BCUT2D eigenvalue weighted by Gasteiger charge is -2.28. The first-order chi connectivity index (χ1) is 5.33. The highest BCUT2D eigenvalue weighted by Crippen LogP contribution is 2.18. The maximum absolute atomic E-state index is 3.21. The number of rotatable bonds is 3. The molecule has 0 aromatic rings. The molecule has 1 rings (SSSR count). The van der Waals surface area contributed by atoms with Crippen molar-refractivity contribution in [2.24, 2.45) is 5.92 Å². The molecule has 0 radical (unpaired) electrons. The fourth-order valence-electron chi connectivity index (χ4n) is 1.70. The summed E-state index contributed by atoms with van der Waals surface area (Å²) in [6.45, 7) is 3.79. The summed E-state index contributed by atoms with van der Waals surface area (Å²) in [4.78, 5) is 2.43. The smallest absolute Gasteiger partial charge is 0.00191 e. The molecule has 1 N–H and O–H groups in total. The molecule has 1 aliphatic rings. The van der Waals surface area contributed by atoms with Crippen LogP contribution in [0.5, 0.6) is 0 Å². The van der Waals surface area contributed by atoms with Crippen molar-refractivity contribution in [3.05, 3.63) is 0 Å². The van der Waals surface area contributed by atoms with E-state index in [2.05, 4.69) is 17.3 Å². The molecule has 12 heavy (non-hydrogen) atoms. The molecule has 0 unspecified atom stereocenters. The Kier molecular flexibility index (Phi) is 6.81. The van der Waals surface area contributed by atoms with E-state index in [4.69, 9.17) is 0 Å². The average molecular weight is 193 g/mol. The van der Waals surface area contributed by atoms with Gasteiger partial charge in [-0.05, 0) is 58.9 Å². The lowest BCUT2D eigenvalue weighted by Crippen LogP contribution is -2.31. The van der Waals surface area contributed by atoms with Gasteiger partial charge in [0.2, 0.25) is 0 Å². The lowest BCUT2D eigenvalue weighted by atomic mass is 9.94. The minimum atomic E-state index is 0. The molecular weight excluding hydrogens is 172 g/mol. The molecule has 1 fully saturated rings. The minimum Gasteiger partial charge on any atom is -0.320 e. The highest BCUT2D eigenvalue weighted by Gasteiger charge is 2.15. The molecule has 74 valence electrons. The van der Waals surface area contributed by atoms with Gasteiger partial charge in [0, 0.05) is 0 Å². The van der Waals surface area contributed by atoms with E-state index in [9.17, 15) is 0 Å². The molecule has 0 aromatic carbocycles. The van der Waals surface area contributed by atoms with Crippen LogP contribution in [-0.2, 0) is 0 Å². The van der Waals surface area contributed by atoms with Crippen LogP contribution in [-0.4, -0.2) is 38.6 Å². The number of hydrogen-bond donors (Lipinski definition) is 1. The average Bonchev–Trinajstić information content (AvgIpc) is 2.04. The highest BCUT2D eigenvalue weighted by atomic mass is 35.5. The van der Waals surface area contributed by atoms with Crippen molar-refractivity contribution in [3.8, 4) is 0 Å². The van der Waals surface area contributed by atoms with Crippen LogP contribution < -0.4 is 5.32 Å². The van der Waals surface area contributed by atoms with Gasteiger partial charge in [-0.3, -0.25) is 0 Å². The second-order valence-corrected chi connectivity index (χ2v) is 3.64. The van der Waals surface area contributed by atoms with Crippen molar-refractivity contribution >= 4 is 12.4 Å². The quantitative estimate of drug-likeness (QED) is 0.727. The number of nitrogens with zero attached hydrogens (tertiary/aromatic N) is 1. The third-order valence-corrected chi connectivity index (χ3v) is 2.64. The van der Waals surface area contributed by atoms with Crippen molar-refractivity contribution in [1.29, 1.82) is 0 Å². The molecule has 0 atom stereocenters. The monoisotopic (exact) mass is 192 g/mol. The van der Waals surface area contributed by atoms with Crippen LogP contribution in [0.25, 0.3) is 0 Å². The van der Waals surface area contributed by atoms with E-state index in [-0.39, 0.29) is 12.4 Å². The van der Waals surface area contributed by atoms with Gasteiger partial charge in [-0.25, -0.2) is 0 Å². The van der Waals surface area contributed by atoms with E-state index in [1.165, 1.54) is 38.9 Å². The predicted molar refractivity (Wildman–Crippen MR) is 56.0 cm³/mol. The molecule has 0 amide bonds. The summed E-state index contributed by atoms with van der Waals surface area (Å²) in [6.07, 6.45) is 4.17. The van der Waals surface area contributed by atoms with Crippen molar-refractivity contribution < 1.29 is 0 Å². The number of hydrogen-bond acceptors (Lipinski definition) is 2. The molecule has 1 aliphatic heterocycles. The molecule has 3 heteroatoms. The molecule has 0 aliphatic carbocycles. The molecular formula is C9H21ClN2. The summed E-state index contributed by atoms with van der Waals surface area (Å²) < 4.78 is 0. The fourth-order valence-corrected chi connectivity index (χ4v) is 1.70. The van der Waals surface area contributed by atoms with E-state index in [0.29, 0.717) is 0 Å². The Morgan fingerprint density at radius 1 is 1.33 bits per heavy atom. The molecule has 1 heterocycles. The number of halogens is 1. The summed E-state index contributed by atoms with van der Waals surface area (Å²) in [6, 6.07) is 0. The highest BCUT2D eigenvalue weighted by molar-refractivity contribution is 5.85. The van der Waals surface area contributed by atoms with Gasteiger partial charge in [-0.1, -0.05) is 0 Å². The summed E-state index contributed by atoms with van der Waals surface area (Å²) in [7, 11) is 4.25. The topological polar surface area (TPSA) is 15.3 Å². The predicted octanol–water partition coefficient (Wildman–Crippen LogP) is 1.36. The Morgan fingerprint density at radius 2 is 1.92 bits per heavy atom. The summed E-state index contributed by atoms with van der Waals surface area (Å²) in [5.74, 6) is 0.985. The van der Waals surface area contributed by atoms with Crippen molar-refractivity contribution in [1.82, 2.24) is 10.2 Å². The zero-order chi connectivity index (χ0) is 8.10.